The molecule has 0 saturated carbocycles. The molecule has 1 fully saturated rings. The van der Waals surface area contributed by atoms with Gasteiger partial charge in [-0.2, -0.15) is 0 Å². The van der Waals surface area contributed by atoms with Crippen molar-refractivity contribution in [1.82, 2.24) is 10.3 Å². The molecule has 152 valence electrons. The summed E-state index contributed by atoms with van der Waals surface area (Å²) in [4.78, 5) is 19.8. The Labute approximate surface area is 167 Å². The van der Waals surface area contributed by atoms with Crippen LogP contribution in [0.15, 0.2) is 11.1 Å². The van der Waals surface area contributed by atoms with Crippen LogP contribution in [-0.4, -0.2) is 60.7 Å². The molecule has 1 saturated heterocycles. The lowest BCUT2D eigenvalue weighted by Crippen LogP contribution is -2.37. The first kappa shape index (κ1) is 22.0. The Morgan fingerprint density at radius 3 is 2.67 bits per heavy atom. The van der Waals surface area contributed by atoms with E-state index in [1.807, 2.05) is 33.8 Å². The Morgan fingerprint density at radius 2 is 2.07 bits per heavy atom. The molecule has 0 spiro atoms. The number of hydrogen-bond donors (Lipinski definition) is 2. The van der Waals surface area contributed by atoms with E-state index in [1.165, 1.54) is 0 Å². The third-order valence-electron chi connectivity index (χ3n) is 4.72. The van der Waals surface area contributed by atoms with E-state index < -0.39 is 6.10 Å². The molecule has 0 aromatic carbocycles. The summed E-state index contributed by atoms with van der Waals surface area (Å²) < 4.78 is 5.42. The summed E-state index contributed by atoms with van der Waals surface area (Å²) >= 11 is 1.59. The number of nitrogens with one attached hydrogen (secondary N) is 1. The minimum atomic E-state index is -0.454. The fourth-order valence-electron chi connectivity index (χ4n) is 2.94. The summed E-state index contributed by atoms with van der Waals surface area (Å²) in [6.07, 6.45) is 0.0781. The van der Waals surface area contributed by atoms with E-state index in [4.69, 9.17) is 9.72 Å². The van der Waals surface area contributed by atoms with Gasteiger partial charge < -0.3 is 20.1 Å². The second kappa shape index (κ2) is 9.75. The summed E-state index contributed by atoms with van der Waals surface area (Å²) in [6.45, 7) is 13.5. The molecule has 2 rings (SSSR count). The quantitative estimate of drug-likeness (QED) is 0.692. The number of aryl methyl sites for hydroxylation is 1. The highest BCUT2D eigenvalue weighted by molar-refractivity contribution is 7.99. The molecule has 7 heteroatoms. The maximum atomic E-state index is 12.8. The van der Waals surface area contributed by atoms with Gasteiger partial charge in [0.2, 0.25) is 0 Å². The Hall–Kier alpha value is -1.31. The number of aliphatic hydroxyl groups excluding tert-OH is 1. The van der Waals surface area contributed by atoms with Crippen LogP contribution in [0.2, 0.25) is 0 Å². The highest BCUT2D eigenvalue weighted by Gasteiger charge is 2.23. The molecule has 1 aliphatic heterocycles. The molecule has 1 aromatic heterocycles. The number of aromatic nitrogens is 1. The number of ether oxygens (including phenoxy) is 1. The largest absolute Gasteiger partial charge is 0.393 e. The molecule has 0 bridgehead atoms. The first-order chi connectivity index (χ1) is 12.7. The third kappa shape index (κ3) is 6.09. The van der Waals surface area contributed by atoms with Crippen LogP contribution in [-0.2, 0) is 4.74 Å². The monoisotopic (exact) mass is 395 g/mol. The number of amides is 1. The Balaban J connectivity index is 2.13. The van der Waals surface area contributed by atoms with Gasteiger partial charge >= 0.3 is 0 Å². The summed E-state index contributed by atoms with van der Waals surface area (Å²) in [6, 6.07) is 1.99. The van der Waals surface area contributed by atoms with Crippen molar-refractivity contribution in [3.63, 3.8) is 0 Å². The van der Waals surface area contributed by atoms with E-state index in [0.717, 1.165) is 35.2 Å². The molecule has 1 atom stereocenters. The summed E-state index contributed by atoms with van der Waals surface area (Å²) in [5.74, 6) is 1.64. The number of carbonyl (C=O) groups excluding carboxylic acids is 1. The van der Waals surface area contributed by atoms with Crippen molar-refractivity contribution in [3.05, 3.63) is 17.2 Å². The Kier molecular flexibility index (Phi) is 7.94. The summed E-state index contributed by atoms with van der Waals surface area (Å²) in [5.41, 5.74) is 1.38. The molecule has 2 heterocycles. The summed E-state index contributed by atoms with van der Waals surface area (Å²) in [7, 11) is 0. The number of morpholine rings is 1. The molecule has 0 radical (unpaired) electrons. The lowest BCUT2D eigenvalue weighted by molar-refractivity contribution is 0.0550. The van der Waals surface area contributed by atoms with E-state index in [0.29, 0.717) is 31.7 Å². The molecule has 27 heavy (non-hydrogen) atoms. The van der Waals surface area contributed by atoms with Crippen LogP contribution in [0.4, 0.5) is 5.82 Å². The minimum absolute atomic E-state index is 0.120. The van der Waals surface area contributed by atoms with Crippen LogP contribution in [0.25, 0.3) is 0 Å². The molecule has 1 aromatic rings. The zero-order chi connectivity index (χ0) is 20.0. The first-order valence-corrected chi connectivity index (χ1v) is 10.7. The van der Waals surface area contributed by atoms with Crippen molar-refractivity contribution < 1.29 is 14.6 Å². The molecule has 1 aliphatic rings. The van der Waals surface area contributed by atoms with Crippen LogP contribution in [0.5, 0.6) is 0 Å². The van der Waals surface area contributed by atoms with Gasteiger partial charge in [-0.3, -0.25) is 4.79 Å². The number of rotatable bonds is 7. The highest BCUT2D eigenvalue weighted by Crippen LogP contribution is 2.28. The number of thioether (sulfide) groups is 1. The molecule has 1 unspecified atom stereocenters. The highest BCUT2D eigenvalue weighted by atomic mass is 32.2. The molecular formula is C20H33N3O3S. The van der Waals surface area contributed by atoms with Crippen molar-refractivity contribution in [2.24, 2.45) is 5.41 Å². The van der Waals surface area contributed by atoms with Crippen LogP contribution in [0.3, 0.4) is 0 Å². The number of anilines is 1. The fourth-order valence-corrected chi connectivity index (χ4v) is 3.77. The van der Waals surface area contributed by atoms with Crippen molar-refractivity contribution in [3.8, 4) is 0 Å². The van der Waals surface area contributed by atoms with Crippen molar-refractivity contribution >= 4 is 23.5 Å². The number of nitrogens with zero attached hydrogens (tertiary/aromatic N) is 2. The van der Waals surface area contributed by atoms with E-state index in [2.05, 4.69) is 17.1 Å². The van der Waals surface area contributed by atoms with Crippen molar-refractivity contribution in [2.45, 2.75) is 52.2 Å². The molecular weight excluding hydrogens is 362 g/mol. The lowest BCUT2D eigenvalue weighted by atomic mass is 9.87. The molecule has 1 amide bonds. The van der Waals surface area contributed by atoms with Gasteiger partial charge in [0.15, 0.2) is 0 Å². The van der Waals surface area contributed by atoms with E-state index in [9.17, 15) is 9.90 Å². The molecule has 6 nitrogen and oxygen atoms in total. The van der Waals surface area contributed by atoms with Crippen molar-refractivity contribution in [2.75, 3.05) is 43.5 Å². The normalized spacial score (nSPS) is 16.3. The van der Waals surface area contributed by atoms with Crippen LogP contribution in [0.1, 0.15) is 50.0 Å². The van der Waals surface area contributed by atoms with Gasteiger partial charge in [0, 0.05) is 19.6 Å². The first-order valence-electron chi connectivity index (χ1n) is 9.67. The van der Waals surface area contributed by atoms with Crippen molar-refractivity contribution in [1.29, 1.82) is 0 Å². The molecule has 0 aliphatic carbocycles. The third-order valence-corrected chi connectivity index (χ3v) is 5.57. The van der Waals surface area contributed by atoms with Gasteiger partial charge in [0.1, 0.15) is 10.8 Å². The number of hydrogen-bond acceptors (Lipinski definition) is 6. The second-order valence-electron chi connectivity index (χ2n) is 7.94. The SMILES string of the molecule is CCSc1nc(N2CCOCC2)cc(C)c1C(=O)NCCC(O)C(C)(C)C. The van der Waals surface area contributed by atoms with Gasteiger partial charge in [0.25, 0.3) is 5.91 Å². The average Bonchev–Trinajstić information content (AvgIpc) is 2.61. The number of aliphatic hydroxyl groups is 1. The van der Waals surface area contributed by atoms with Gasteiger partial charge in [0.05, 0.1) is 24.9 Å². The van der Waals surface area contributed by atoms with Gasteiger partial charge in [-0.1, -0.05) is 27.7 Å². The topological polar surface area (TPSA) is 74.7 Å². The molecule has 2 N–H and O–H groups in total. The zero-order valence-corrected chi connectivity index (χ0v) is 18.0. The zero-order valence-electron chi connectivity index (χ0n) is 17.2. The van der Waals surface area contributed by atoms with E-state index in [-0.39, 0.29) is 11.3 Å². The lowest BCUT2D eigenvalue weighted by Gasteiger charge is -2.29. The maximum Gasteiger partial charge on any atom is 0.254 e. The Morgan fingerprint density at radius 1 is 1.41 bits per heavy atom. The van der Waals surface area contributed by atoms with Gasteiger partial charge in [-0.25, -0.2) is 4.98 Å². The van der Waals surface area contributed by atoms with E-state index in [1.54, 1.807) is 11.8 Å². The van der Waals surface area contributed by atoms with Crippen LogP contribution < -0.4 is 10.2 Å². The Bertz CT molecular complexity index is 640. The second-order valence-corrected chi connectivity index (χ2v) is 9.19. The predicted molar refractivity (Wildman–Crippen MR) is 111 cm³/mol. The smallest absolute Gasteiger partial charge is 0.254 e. The summed E-state index contributed by atoms with van der Waals surface area (Å²) in [5, 5.41) is 13.9. The van der Waals surface area contributed by atoms with Gasteiger partial charge in [-0.05, 0) is 36.1 Å². The van der Waals surface area contributed by atoms with Crippen LogP contribution in [0, 0.1) is 12.3 Å². The predicted octanol–water partition coefficient (Wildman–Crippen LogP) is 2.87. The van der Waals surface area contributed by atoms with Crippen LogP contribution >= 0.6 is 11.8 Å². The minimum Gasteiger partial charge on any atom is -0.393 e. The van der Waals surface area contributed by atoms with Gasteiger partial charge in [-0.15, -0.1) is 11.8 Å². The standard InChI is InChI=1S/C20H33N3O3S/c1-6-27-19-17(18(25)21-8-7-15(24)20(3,4)5)14(2)13-16(22-19)23-9-11-26-12-10-23/h13,15,24H,6-12H2,1-5H3,(H,21,25). The maximum absolute atomic E-state index is 12.8. The average molecular weight is 396 g/mol. The fraction of sp³-hybridized carbons (Fsp3) is 0.700. The number of carbonyl (C=O) groups is 1. The number of pyridine rings is 1. The van der Waals surface area contributed by atoms with E-state index >= 15 is 0 Å².